The summed E-state index contributed by atoms with van der Waals surface area (Å²) in [5.74, 6) is 1.69. The lowest BCUT2D eigenvalue weighted by Gasteiger charge is -2.35. The average molecular weight is 497 g/mol. The summed E-state index contributed by atoms with van der Waals surface area (Å²) in [7, 11) is 0. The lowest BCUT2D eigenvalue weighted by Crippen LogP contribution is -2.47. The van der Waals surface area contributed by atoms with Gasteiger partial charge in [-0.2, -0.15) is 10.2 Å². The molecule has 0 saturated carbocycles. The quantitative estimate of drug-likeness (QED) is 0.394. The van der Waals surface area contributed by atoms with Crippen LogP contribution in [0.25, 0.3) is 16.6 Å². The maximum absolute atomic E-state index is 5.90. The molecule has 10 heteroatoms. The van der Waals surface area contributed by atoms with Gasteiger partial charge in [0.1, 0.15) is 11.8 Å². The maximum atomic E-state index is 5.90. The second-order valence-corrected chi connectivity index (χ2v) is 8.96. The van der Waals surface area contributed by atoms with Gasteiger partial charge in [0.05, 0.1) is 6.20 Å². The van der Waals surface area contributed by atoms with E-state index >= 15 is 0 Å². The van der Waals surface area contributed by atoms with E-state index in [9.17, 15) is 0 Å². The average Bonchev–Trinajstić information content (AvgIpc) is 3.62. The van der Waals surface area contributed by atoms with Gasteiger partial charge in [-0.25, -0.2) is 19.5 Å². The molecule has 1 saturated heterocycles. The van der Waals surface area contributed by atoms with Gasteiger partial charge < -0.3 is 15.5 Å². The Labute approximate surface area is 216 Å². The van der Waals surface area contributed by atoms with Crippen LogP contribution in [-0.2, 0) is 6.54 Å². The van der Waals surface area contributed by atoms with Gasteiger partial charge in [-0.1, -0.05) is 36.4 Å². The predicted molar refractivity (Wildman–Crippen MR) is 145 cm³/mol. The van der Waals surface area contributed by atoms with Crippen LogP contribution in [-0.4, -0.2) is 60.5 Å². The lowest BCUT2D eigenvalue weighted by molar-refractivity contribution is 0.632. The highest BCUT2D eigenvalue weighted by molar-refractivity contribution is 5.77. The zero-order valence-electron chi connectivity index (χ0n) is 21.2. The number of hydrogen-bond donors (Lipinski definition) is 1. The number of hydrogen-bond acceptors (Lipinski definition) is 8. The van der Waals surface area contributed by atoms with E-state index in [0.29, 0.717) is 0 Å². The zero-order chi connectivity index (χ0) is 25.6. The molecule has 1 unspecified atom stereocenters. The molecule has 37 heavy (non-hydrogen) atoms. The minimum atomic E-state index is -0.0608. The first kappa shape index (κ1) is 24.4. The first-order valence-electron chi connectivity index (χ1n) is 12.6. The minimum absolute atomic E-state index is 0.0608. The van der Waals surface area contributed by atoms with Crippen LogP contribution >= 0.6 is 0 Å². The van der Waals surface area contributed by atoms with E-state index in [1.807, 2.05) is 77.3 Å². The molecule has 0 spiro atoms. The third-order valence-corrected chi connectivity index (χ3v) is 6.39. The normalized spacial score (nSPS) is 14.4. The first-order valence-corrected chi connectivity index (χ1v) is 12.6. The molecule has 6 rings (SSSR count). The molecule has 1 aromatic carbocycles. The Morgan fingerprint density at radius 3 is 2.05 bits per heavy atom. The van der Waals surface area contributed by atoms with Crippen LogP contribution in [0.2, 0.25) is 0 Å². The number of aromatic nitrogens is 7. The Bertz CT molecular complexity index is 1370. The lowest BCUT2D eigenvalue weighted by atomic mass is 10.2. The van der Waals surface area contributed by atoms with Crippen molar-refractivity contribution >= 4 is 17.3 Å². The van der Waals surface area contributed by atoms with Crippen molar-refractivity contribution in [1.29, 1.82) is 0 Å². The molecule has 0 amide bonds. The smallest absolute Gasteiger partial charge is 0.225 e. The van der Waals surface area contributed by atoms with Crippen LogP contribution in [0.3, 0.4) is 0 Å². The molecule has 5 heterocycles. The topological polar surface area (TPSA) is 106 Å². The second-order valence-electron chi connectivity index (χ2n) is 8.96. The molecular weight excluding hydrogens is 464 g/mol. The van der Waals surface area contributed by atoms with E-state index in [-0.39, 0.29) is 6.04 Å². The highest BCUT2D eigenvalue weighted by Gasteiger charge is 2.22. The van der Waals surface area contributed by atoms with Crippen LogP contribution in [0.5, 0.6) is 0 Å². The molecular formula is C27H32N10. The van der Waals surface area contributed by atoms with Gasteiger partial charge in [-0.15, -0.1) is 0 Å². The first-order chi connectivity index (χ1) is 18.1. The fourth-order valence-corrected chi connectivity index (χ4v) is 4.24. The van der Waals surface area contributed by atoms with Crippen LogP contribution in [0.1, 0.15) is 25.5 Å². The van der Waals surface area contributed by atoms with Crippen LogP contribution in [0, 0.1) is 0 Å². The molecule has 2 N–H and O–H groups in total. The second kappa shape index (κ2) is 11.2. The molecule has 1 atom stereocenters. The zero-order valence-corrected chi connectivity index (χ0v) is 21.2. The number of piperazine rings is 1. The number of aryl methyl sites for hydroxylation is 1. The summed E-state index contributed by atoms with van der Waals surface area (Å²) in [5.41, 5.74) is 10.0. The Hall–Kier alpha value is -4.31. The highest BCUT2D eigenvalue weighted by Crippen LogP contribution is 2.27. The Kier molecular flexibility index (Phi) is 7.36. The summed E-state index contributed by atoms with van der Waals surface area (Å²) in [5, 5.41) is 8.79. The summed E-state index contributed by atoms with van der Waals surface area (Å²) >= 11 is 0. The van der Waals surface area contributed by atoms with Crippen molar-refractivity contribution < 1.29 is 0 Å². The molecule has 1 fully saturated rings. The number of nitrogens with two attached hydrogens (primary N) is 1. The molecule has 4 aromatic heterocycles. The number of rotatable bonds is 5. The minimum Gasteiger partial charge on any atom is -0.351 e. The third kappa shape index (κ3) is 5.59. The van der Waals surface area contributed by atoms with Gasteiger partial charge >= 0.3 is 0 Å². The van der Waals surface area contributed by atoms with E-state index < -0.39 is 0 Å². The molecule has 0 radical (unpaired) electrons. The Morgan fingerprint density at radius 2 is 1.46 bits per heavy atom. The summed E-state index contributed by atoms with van der Waals surface area (Å²) < 4.78 is 3.81. The largest absolute Gasteiger partial charge is 0.351 e. The van der Waals surface area contributed by atoms with E-state index in [4.69, 9.17) is 5.73 Å². The van der Waals surface area contributed by atoms with E-state index in [1.54, 1.807) is 6.33 Å². The molecule has 190 valence electrons. The Morgan fingerprint density at radius 1 is 0.811 bits per heavy atom. The van der Waals surface area contributed by atoms with Crippen molar-refractivity contribution in [3.8, 4) is 11.1 Å². The van der Waals surface area contributed by atoms with E-state index in [0.717, 1.165) is 66.7 Å². The predicted octanol–water partition coefficient (Wildman–Crippen LogP) is 3.44. The van der Waals surface area contributed by atoms with Crippen molar-refractivity contribution in [2.24, 2.45) is 5.73 Å². The molecule has 1 aliphatic heterocycles. The van der Waals surface area contributed by atoms with Crippen LogP contribution in [0.15, 0.2) is 79.8 Å². The van der Waals surface area contributed by atoms with Gasteiger partial charge in [-0.3, -0.25) is 4.68 Å². The molecule has 1 aliphatic rings. The van der Waals surface area contributed by atoms with Crippen molar-refractivity contribution in [2.75, 3.05) is 36.0 Å². The van der Waals surface area contributed by atoms with Crippen LogP contribution in [0.4, 0.5) is 11.8 Å². The van der Waals surface area contributed by atoms with Gasteiger partial charge in [0.15, 0.2) is 5.82 Å². The summed E-state index contributed by atoms with van der Waals surface area (Å²) in [6.45, 7) is 8.17. The monoisotopic (exact) mass is 496 g/mol. The van der Waals surface area contributed by atoms with Gasteiger partial charge in [0.25, 0.3) is 0 Å². The SMILES string of the molecule is CCn1cc(-c2cc3c(N4CCN(c5ncc(C(C)N)cn5)CC4)ncnn3c2)cn1.c1ccccc1. The third-order valence-electron chi connectivity index (χ3n) is 6.39. The molecule has 5 aromatic rings. The fraction of sp³-hybridized carbons (Fsp3) is 0.296. The van der Waals surface area contributed by atoms with E-state index in [1.165, 1.54) is 0 Å². The van der Waals surface area contributed by atoms with Crippen molar-refractivity contribution in [1.82, 2.24) is 34.3 Å². The van der Waals surface area contributed by atoms with Gasteiger partial charge in [0, 0.05) is 80.2 Å². The van der Waals surface area contributed by atoms with Crippen molar-refractivity contribution in [3.05, 3.63) is 85.3 Å². The number of benzene rings is 1. The molecule has 0 aliphatic carbocycles. The number of nitrogens with zero attached hydrogens (tertiary/aromatic N) is 9. The van der Waals surface area contributed by atoms with E-state index in [2.05, 4.69) is 54.1 Å². The number of anilines is 2. The Balaban J connectivity index is 0.000000412. The van der Waals surface area contributed by atoms with Crippen molar-refractivity contribution in [2.45, 2.75) is 26.4 Å². The molecule has 0 bridgehead atoms. The number of fused-ring (bicyclic) bond motifs is 1. The fourth-order valence-electron chi connectivity index (χ4n) is 4.24. The van der Waals surface area contributed by atoms with Crippen molar-refractivity contribution in [3.63, 3.8) is 0 Å². The summed E-state index contributed by atoms with van der Waals surface area (Å²) in [4.78, 5) is 18.1. The highest BCUT2D eigenvalue weighted by atomic mass is 15.4. The van der Waals surface area contributed by atoms with Crippen LogP contribution < -0.4 is 15.5 Å². The van der Waals surface area contributed by atoms with Gasteiger partial charge in [-0.05, 0) is 19.9 Å². The van der Waals surface area contributed by atoms with Gasteiger partial charge in [0.2, 0.25) is 5.95 Å². The summed E-state index contributed by atoms with van der Waals surface area (Å²) in [6.07, 6.45) is 11.2. The maximum Gasteiger partial charge on any atom is 0.225 e. The summed E-state index contributed by atoms with van der Waals surface area (Å²) in [6, 6.07) is 14.1. The molecule has 10 nitrogen and oxygen atoms in total. The standard InChI is InChI=1S/C21H26N10.C6H6/c1-3-30-12-18(11-26-30)16-8-19-20(25-14-27-31(19)13-16)28-4-6-29(7-5-28)21-23-9-17(10-24-21)15(2)22;1-2-4-6-5-3-1/h8-15H,3-7,22H2,1-2H3;1-6H.